The molecule has 0 unspecified atom stereocenters. The highest BCUT2D eigenvalue weighted by atomic mass is 16.5. The van der Waals surface area contributed by atoms with Crippen LogP contribution in [0.3, 0.4) is 0 Å². The quantitative estimate of drug-likeness (QED) is 0.536. The van der Waals surface area contributed by atoms with E-state index >= 15 is 0 Å². The van der Waals surface area contributed by atoms with Crippen LogP contribution >= 0.6 is 0 Å². The molecule has 8 heteroatoms. The number of nitrogens with zero attached hydrogens (tertiary/aromatic N) is 3. The summed E-state index contributed by atoms with van der Waals surface area (Å²) in [5.74, 6) is 0.256. The van der Waals surface area contributed by atoms with Crippen LogP contribution in [0.4, 0.5) is 17.2 Å². The number of benzene rings is 1. The summed E-state index contributed by atoms with van der Waals surface area (Å²) in [6.45, 7) is 4.55. The van der Waals surface area contributed by atoms with Crippen molar-refractivity contribution in [2.75, 3.05) is 10.2 Å². The van der Waals surface area contributed by atoms with Crippen LogP contribution in [-0.2, 0) is 16.1 Å². The predicted molar refractivity (Wildman–Crippen MR) is 139 cm³/mol. The second kappa shape index (κ2) is 10.1. The van der Waals surface area contributed by atoms with Crippen molar-refractivity contribution in [3.8, 4) is 11.1 Å². The largest absolute Gasteiger partial charge is 0.376 e. The van der Waals surface area contributed by atoms with E-state index in [4.69, 9.17) is 10.5 Å². The van der Waals surface area contributed by atoms with E-state index in [0.717, 1.165) is 59.6 Å². The zero-order chi connectivity index (χ0) is 25.2. The van der Waals surface area contributed by atoms with Crippen LogP contribution in [0.1, 0.15) is 55.6 Å². The molecule has 0 spiro atoms. The molecule has 0 bridgehead atoms. The number of aromatic nitrogens is 2. The zero-order valence-electron chi connectivity index (χ0n) is 20.6. The SMILES string of the molecule is CC(C)OC1CCC(C(=O)N2Cc3cccnc3Nc3ccc(-c4ccc(C(N)=O)nc4)cc32)CC1. The van der Waals surface area contributed by atoms with E-state index in [1.807, 2.05) is 41.3 Å². The summed E-state index contributed by atoms with van der Waals surface area (Å²) < 4.78 is 6.00. The molecular weight excluding hydrogens is 454 g/mol. The van der Waals surface area contributed by atoms with Gasteiger partial charge in [-0.3, -0.25) is 14.6 Å². The lowest BCUT2D eigenvalue weighted by Crippen LogP contribution is -2.38. The second-order valence-electron chi connectivity index (χ2n) is 9.75. The first-order valence-corrected chi connectivity index (χ1v) is 12.5. The molecule has 1 aromatic carbocycles. The van der Waals surface area contributed by atoms with Gasteiger partial charge in [0.15, 0.2) is 0 Å². The molecule has 0 atom stereocenters. The number of anilines is 3. The maximum atomic E-state index is 13.9. The molecule has 1 aliphatic heterocycles. The molecular formula is C28H31N5O3. The van der Waals surface area contributed by atoms with Crippen LogP contribution in [0.25, 0.3) is 11.1 Å². The fraction of sp³-hybridized carbons (Fsp3) is 0.357. The normalized spacial score (nSPS) is 19.1. The lowest BCUT2D eigenvalue weighted by atomic mass is 9.86. The minimum absolute atomic E-state index is 0.0525. The van der Waals surface area contributed by atoms with E-state index in [-0.39, 0.29) is 29.7 Å². The number of pyridine rings is 2. The molecule has 1 aliphatic carbocycles. The van der Waals surface area contributed by atoms with Gasteiger partial charge in [0.25, 0.3) is 5.91 Å². The van der Waals surface area contributed by atoms with Crippen LogP contribution in [-0.4, -0.2) is 34.0 Å². The summed E-state index contributed by atoms with van der Waals surface area (Å²) in [6, 6.07) is 13.3. The third-order valence-corrected chi connectivity index (χ3v) is 6.86. The Bertz CT molecular complexity index is 1270. The van der Waals surface area contributed by atoms with Crippen LogP contribution < -0.4 is 16.0 Å². The van der Waals surface area contributed by atoms with Gasteiger partial charge >= 0.3 is 0 Å². The molecule has 2 aromatic heterocycles. The summed E-state index contributed by atoms with van der Waals surface area (Å²) in [7, 11) is 0. The van der Waals surface area contributed by atoms with Gasteiger partial charge in [-0.15, -0.1) is 0 Å². The summed E-state index contributed by atoms with van der Waals surface area (Å²) in [5, 5.41) is 3.42. The molecule has 36 heavy (non-hydrogen) atoms. The molecule has 2 amide bonds. The Morgan fingerprint density at radius 1 is 1.06 bits per heavy atom. The maximum Gasteiger partial charge on any atom is 0.267 e. The second-order valence-corrected chi connectivity index (χ2v) is 9.75. The van der Waals surface area contributed by atoms with E-state index in [0.29, 0.717) is 6.54 Å². The van der Waals surface area contributed by atoms with Crippen molar-refractivity contribution < 1.29 is 14.3 Å². The van der Waals surface area contributed by atoms with Crippen LogP contribution in [0, 0.1) is 5.92 Å². The topological polar surface area (TPSA) is 110 Å². The van der Waals surface area contributed by atoms with Crippen molar-refractivity contribution in [3.05, 3.63) is 66.1 Å². The number of hydrogen-bond acceptors (Lipinski definition) is 6. The number of nitrogens with two attached hydrogens (primary N) is 1. The van der Waals surface area contributed by atoms with Crippen molar-refractivity contribution in [2.24, 2.45) is 11.7 Å². The fourth-order valence-electron chi connectivity index (χ4n) is 5.06. The Hall–Kier alpha value is -3.78. The van der Waals surface area contributed by atoms with Crippen molar-refractivity contribution in [3.63, 3.8) is 0 Å². The summed E-state index contributed by atoms with van der Waals surface area (Å²) in [5.41, 5.74) is 9.87. The third kappa shape index (κ3) is 4.95. The molecule has 8 nitrogen and oxygen atoms in total. The average molecular weight is 486 g/mol. The number of rotatable bonds is 5. The Morgan fingerprint density at radius 2 is 1.83 bits per heavy atom. The monoisotopic (exact) mass is 485 g/mol. The first kappa shape index (κ1) is 23.9. The smallest absolute Gasteiger partial charge is 0.267 e. The van der Waals surface area contributed by atoms with Crippen molar-refractivity contribution in [1.29, 1.82) is 0 Å². The lowest BCUT2D eigenvalue weighted by Gasteiger charge is -2.33. The fourth-order valence-corrected chi connectivity index (χ4v) is 5.06. The van der Waals surface area contributed by atoms with Gasteiger partial charge in [0, 0.05) is 29.4 Å². The highest BCUT2D eigenvalue weighted by Crippen LogP contribution is 2.40. The van der Waals surface area contributed by atoms with Gasteiger partial charge in [0.2, 0.25) is 5.91 Å². The van der Waals surface area contributed by atoms with E-state index in [9.17, 15) is 9.59 Å². The Kier molecular flexibility index (Phi) is 6.69. The minimum Gasteiger partial charge on any atom is -0.376 e. The van der Waals surface area contributed by atoms with Crippen molar-refractivity contribution >= 4 is 29.0 Å². The number of amides is 2. The third-order valence-electron chi connectivity index (χ3n) is 6.86. The summed E-state index contributed by atoms with van der Waals surface area (Å²) in [4.78, 5) is 35.9. The van der Waals surface area contributed by atoms with E-state index in [1.54, 1.807) is 18.5 Å². The standard InChI is InChI=1S/C28H31N5O3/c1-17(2)36-22-9-5-18(6-10-22)28(35)33-16-21-4-3-13-30-27(21)32-23-11-7-19(14-25(23)33)20-8-12-24(26(29)34)31-15-20/h3-4,7-8,11-15,17-18,22H,5-6,9-10,16H2,1-2H3,(H2,29,34)(H,30,32). The minimum atomic E-state index is -0.566. The number of fused-ring (bicyclic) bond motifs is 2. The molecule has 1 saturated carbocycles. The molecule has 186 valence electrons. The molecule has 5 rings (SSSR count). The Balaban J connectivity index is 1.47. The zero-order valence-corrected chi connectivity index (χ0v) is 20.6. The van der Waals surface area contributed by atoms with E-state index < -0.39 is 5.91 Å². The van der Waals surface area contributed by atoms with Crippen LogP contribution in [0.5, 0.6) is 0 Å². The molecule has 2 aliphatic rings. The van der Waals surface area contributed by atoms with Gasteiger partial charge in [-0.05, 0) is 69.4 Å². The maximum absolute atomic E-state index is 13.9. The first-order valence-electron chi connectivity index (χ1n) is 12.5. The van der Waals surface area contributed by atoms with Crippen molar-refractivity contribution in [2.45, 2.75) is 58.3 Å². The first-order chi connectivity index (χ1) is 17.4. The van der Waals surface area contributed by atoms with Gasteiger partial charge in [0.05, 0.1) is 30.1 Å². The number of primary amides is 1. The number of ether oxygens (including phenoxy) is 1. The number of carbonyl (C=O) groups excluding carboxylic acids is 2. The highest BCUT2D eigenvalue weighted by molar-refractivity contribution is 6.00. The molecule has 0 radical (unpaired) electrons. The summed E-state index contributed by atoms with van der Waals surface area (Å²) in [6.07, 6.45) is 7.21. The number of hydrogen-bond donors (Lipinski definition) is 2. The van der Waals surface area contributed by atoms with Gasteiger partial charge < -0.3 is 20.7 Å². The lowest BCUT2D eigenvalue weighted by molar-refractivity contribution is -0.124. The molecule has 1 fully saturated rings. The average Bonchev–Trinajstić information content (AvgIpc) is 3.05. The molecule has 3 N–H and O–H groups in total. The van der Waals surface area contributed by atoms with Crippen LogP contribution in [0.15, 0.2) is 54.9 Å². The van der Waals surface area contributed by atoms with Gasteiger partial charge in [0.1, 0.15) is 11.5 Å². The number of carbonyl (C=O) groups is 2. The highest BCUT2D eigenvalue weighted by Gasteiger charge is 2.33. The summed E-state index contributed by atoms with van der Waals surface area (Å²) >= 11 is 0. The Labute approximate surface area is 210 Å². The predicted octanol–water partition coefficient (Wildman–Crippen LogP) is 4.82. The van der Waals surface area contributed by atoms with E-state index in [2.05, 4.69) is 29.1 Å². The number of nitrogens with one attached hydrogen (secondary N) is 1. The molecule has 0 saturated heterocycles. The van der Waals surface area contributed by atoms with Crippen LogP contribution in [0.2, 0.25) is 0 Å². The van der Waals surface area contributed by atoms with Crippen molar-refractivity contribution in [1.82, 2.24) is 9.97 Å². The molecule has 3 heterocycles. The van der Waals surface area contributed by atoms with Gasteiger partial charge in [-0.2, -0.15) is 0 Å². The van der Waals surface area contributed by atoms with E-state index in [1.165, 1.54) is 0 Å². The van der Waals surface area contributed by atoms with Gasteiger partial charge in [-0.25, -0.2) is 4.98 Å². The van der Waals surface area contributed by atoms with Gasteiger partial charge in [-0.1, -0.05) is 18.2 Å². The molecule has 3 aromatic rings. The Morgan fingerprint density at radius 3 is 2.53 bits per heavy atom.